The second-order valence-electron chi connectivity index (χ2n) is 5.61. The molecule has 1 aliphatic heterocycles. The van der Waals surface area contributed by atoms with Crippen LogP contribution in [0.4, 0.5) is 5.69 Å². The lowest BCUT2D eigenvalue weighted by molar-refractivity contribution is 0.367. The van der Waals surface area contributed by atoms with E-state index < -0.39 is 0 Å². The lowest BCUT2D eigenvalue weighted by Crippen LogP contribution is -2.35. The number of anilines is 1. The molecule has 22 heavy (non-hydrogen) atoms. The first-order chi connectivity index (χ1) is 10.6. The van der Waals surface area contributed by atoms with Gasteiger partial charge >= 0.3 is 0 Å². The predicted octanol–water partition coefficient (Wildman–Crippen LogP) is 4.12. The molecule has 1 aliphatic rings. The first kappa shape index (κ1) is 14.2. The van der Waals surface area contributed by atoms with Gasteiger partial charge in [-0.1, -0.05) is 48.5 Å². The average Bonchev–Trinajstić information content (AvgIpc) is 2.83. The normalized spacial score (nSPS) is 17.4. The van der Waals surface area contributed by atoms with Gasteiger partial charge in [0.15, 0.2) is 0 Å². The number of rotatable bonds is 2. The van der Waals surface area contributed by atoms with Crippen LogP contribution in [-0.4, -0.2) is 18.1 Å². The lowest BCUT2D eigenvalue weighted by Gasteiger charge is -2.30. The molecular weight excluding hydrogens is 270 g/mol. The average molecular weight is 289 g/mol. The molecule has 110 valence electrons. The van der Waals surface area contributed by atoms with Crippen LogP contribution in [0.1, 0.15) is 12.5 Å². The maximum Gasteiger partial charge on any atom is 0.134 e. The minimum Gasteiger partial charge on any atom is -0.344 e. The van der Waals surface area contributed by atoms with Gasteiger partial charge in [0.2, 0.25) is 0 Å². The van der Waals surface area contributed by atoms with Gasteiger partial charge < -0.3 is 9.80 Å². The van der Waals surface area contributed by atoms with E-state index in [0.29, 0.717) is 5.70 Å². The van der Waals surface area contributed by atoms with Gasteiger partial charge in [0.1, 0.15) is 17.9 Å². The lowest BCUT2D eigenvalue weighted by atomic mass is 9.99. The van der Waals surface area contributed by atoms with Gasteiger partial charge in [-0.3, -0.25) is 0 Å². The summed E-state index contributed by atoms with van der Waals surface area (Å²) in [5, 5.41) is 9.29. The minimum atomic E-state index is 0.123. The number of para-hydroxylation sites is 1. The Morgan fingerprint density at radius 2 is 1.77 bits per heavy atom. The quantitative estimate of drug-likeness (QED) is 0.833. The van der Waals surface area contributed by atoms with E-state index in [1.807, 2.05) is 24.2 Å². The third-order valence-corrected chi connectivity index (χ3v) is 4.30. The molecule has 3 rings (SSSR count). The molecule has 0 saturated heterocycles. The summed E-state index contributed by atoms with van der Waals surface area (Å²) in [6.07, 6.45) is 2.07. The fourth-order valence-electron chi connectivity index (χ4n) is 2.93. The smallest absolute Gasteiger partial charge is 0.134 e. The van der Waals surface area contributed by atoms with Crippen molar-refractivity contribution in [3.8, 4) is 17.2 Å². The summed E-state index contributed by atoms with van der Waals surface area (Å²) in [5.41, 5.74) is 5.44. The molecule has 3 nitrogen and oxygen atoms in total. The van der Waals surface area contributed by atoms with E-state index in [1.165, 1.54) is 22.4 Å². The highest BCUT2D eigenvalue weighted by atomic mass is 15.4. The van der Waals surface area contributed by atoms with Crippen molar-refractivity contribution >= 4 is 5.69 Å². The number of aryl methyl sites for hydroxylation is 1. The van der Waals surface area contributed by atoms with Crippen molar-refractivity contribution in [1.29, 1.82) is 5.26 Å². The molecule has 0 bridgehead atoms. The molecule has 0 N–H and O–H groups in total. The highest BCUT2D eigenvalue weighted by Crippen LogP contribution is 2.38. The molecule has 0 spiro atoms. The largest absolute Gasteiger partial charge is 0.344 e. The van der Waals surface area contributed by atoms with Gasteiger partial charge in [-0.25, -0.2) is 0 Å². The molecule has 1 atom stereocenters. The van der Waals surface area contributed by atoms with E-state index in [2.05, 4.69) is 67.3 Å². The van der Waals surface area contributed by atoms with Crippen molar-refractivity contribution in [2.24, 2.45) is 0 Å². The number of nitrogens with zero attached hydrogens (tertiary/aromatic N) is 3. The molecule has 0 radical (unpaired) electrons. The van der Waals surface area contributed by atoms with Crippen LogP contribution in [0.2, 0.25) is 0 Å². The number of hydrogen-bond acceptors (Lipinski definition) is 3. The summed E-state index contributed by atoms with van der Waals surface area (Å²) in [7, 11) is 1.96. The molecule has 0 amide bonds. The fraction of sp³-hybridized carbons (Fsp3) is 0.211. The highest BCUT2D eigenvalue weighted by Gasteiger charge is 2.29. The predicted molar refractivity (Wildman–Crippen MR) is 90.0 cm³/mol. The van der Waals surface area contributed by atoms with E-state index in [9.17, 15) is 5.26 Å². The Labute approximate surface area is 131 Å². The summed E-state index contributed by atoms with van der Waals surface area (Å²) >= 11 is 0. The Kier molecular flexibility index (Phi) is 3.60. The minimum absolute atomic E-state index is 0.123. The number of hydrogen-bond donors (Lipinski definition) is 0. The van der Waals surface area contributed by atoms with Gasteiger partial charge in [-0.15, -0.1) is 0 Å². The summed E-state index contributed by atoms with van der Waals surface area (Å²) in [6, 6.07) is 19.0. The third kappa shape index (κ3) is 2.23. The van der Waals surface area contributed by atoms with Gasteiger partial charge in [0.25, 0.3) is 0 Å². The Hall–Kier alpha value is -2.73. The number of benzene rings is 2. The van der Waals surface area contributed by atoms with E-state index in [0.717, 1.165) is 0 Å². The van der Waals surface area contributed by atoms with Crippen LogP contribution < -0.4 is 4.90 Å². The second-order valence-corrected chi connectivity index (χ2v) is 5.61. The third-order valence-electron chi connectivity index (χ3n) is 4.30. The number of allylic oxidation sites excluding steroid dienone is 1. The zero-order chi connectivity index (χ0) is 15.7. The van der Waals surface area contributed by atoms with Crippen LogP contribution in [0.15, 0.2) is 60.4 Å². The molecule has 0 saturated carbocycles. The van der Waals surface area contributed by atoms with Crippen molar-refractivity contribution in [2.75, 3.05) is 11.9 Å². The first-order valence-corrected chi connectivity index (χ1v) is 7.41. The highest BCUT2D eigenvalue weighted by molar-refractivity contribution is 5.82. The summed E-state index contributed by atoms with van der Waals surface area (Å²) in [6.45, 7) is 4.23. The molecule has 0 unspecified atom stereocenters. The Morgan fingerprint density at radius 3 is 2.41 bits per heavy atom. The van der Waals surface area contributed by atoms with Gasteiger partial charge in [0, 0.05) is 18.8 Å². The zero-order valence-corrected chi connectivity index (χ0v) is 13.1. The zero-order valence-electron chi connectivity index (χ0n) is 13.1. The Bertz CT molecular complexity index is 756. The topological polar surface area (TPSA) is 30.3 Å². The van der Waals surface area contributed by atoms with Gasteiger partial charge in [-0.2, -0.15) is 5.26 Å². The Balaban J connectivity index is 2.16. The van der Waals surface area contributed by atoms with E-state index in [4.69, 9.17) is 0 Å². The molecule has 1 heterocycles. The molecule has 0 aliphatic carbocycles. The molecule has 3 heteroatoms. The van der Waals surface area contributed by atoms with Crippen molar-refractivity contribution in [2.45, 2.75) is 20.0 Å². The van der Waals surface area contributed by atoms with Crippen LogP contribution in [0.5, 0.6) is 0 Å². The molecule has 0 fully saturated rings. The van der Waals surface area contributed by atoms with E-state index in [1.54, 1.807) is 0 Å². The van der Waals surface area contributed by atoms with Crippen LogP contribution >= 0.6 is 0 Å². The van der Waals surface area contributed by atoms with Crippen molar-refractivity contribution in [3.05, 3.63) is 66.0 Å². The van der Waals surface area contributed by atoms with Crippen molar-refractivity contribution < 1.29 is 0 Å². The Morgan fingerprint density at radius 1 is 1.05 bits per heavy atom. The van der Waals surface area contributed by atoms with Crippen LogP contribution in [0.3, 0.4) is 0 Å². The second kappa shape index (κ2) is 5.57. The van der Waals surface area contributed by atoms with E-state index >= 15 is 0 Å². The van der Waals surface area contributed by atoms with Crippen molar-refractivity contribution in [1.82, 2.24) is 4.90 Å². The number of nitriles is 1. The van der Waals surface area contributed by atoms with Crippen LogP contribution in [-0.2, 0) is 0 Å². The maximum atomic E-state index is 9.29. The molecule has 0 aromatic heterocycles. The van der Waals surface area contributed by atoms with Gasteiger partial charge in [0.05, 0.1) is 5.69 Å². The van der Waals surface area contributed by atoms with Crippen molar-refractivity contribution in [3.63, 3.8) is 0 Å². The molecule has 2 aromatic rings. The summed E-state index contributed by atoms with van der Waals surface area (Å²) in [4.78, 5) is 4.19. The van der Waals surface area contributed by atoms with Crippen LogP contribution in [0.25, 0.3) is 11.1 Å². The van der Waals surface area contributed by atoms with E-state index in [-0.39, 0.29) is 6.17 Å². The summed E-state index contributed by atoms with van der Waals surface area (Å²) < 4.78 is 0. The monoisotopic (exact) mass is 289 g/mol. The molecular formula is C19H19N3. The van der Waals surface area contributed by atoms with Gasteiger partial charge in [-0.05, 0) is 25.0 Å². The molecule has 2 aromatic carbocycles. The maximum absolute atomic E-state index is 9.29. The SMILES string of the molecule is Cc1cccc(-c2ccccc2)c1N1C=C(C#N)N(C)[C@@H]1C. The standard InChI is InChI=1S/C19H19N3/c1-14-8-7-11-18(16-9-5-4-6-10-16)19(14)22-13-17(12-20)21(3)15(22)2/h4-11,13,15H,1-3H3/t15-/m0/s1. The fourth-order valence-corrected chi connectivity index (χ4v) is 2.93. The first-order valence-electron chi connectivity index (χ1n) is 7.41. The summed E-state index contributed by atoms with van der Waals surface area (Å²) in [5.74, 6) is 0. The van der Waals surface area contributed by atoms with Crippen LogP contribution in [0, 0.1) is 18.3 Å².